The Morgan fingerprint density at radius 2 is 1.62 bits per heavy atom. The molecule has 0 aliphatic carbocycles. The van der Waals surface area contributed by atoms with Crippen LogP contribution in [0.25, 0.3) is 0 Å². The van der Waals surface area contributed by atoms with Crippen molar-refractivity contribution < 1.29 is 23.9 Å². The lowest BCUT2D eigenvalue weighted by Gasteiger charge is -2.15. The van der Waals surface area contributed by atoms with Crippen molar-refractivity contribution in [2.75, 3.05) is 23.1 Å². The number of nitrogens with two attached hydrogens (primary N) is 1. The Kier molecular flexibility index (Phi) is 6.17. The van der Waals surface area contributed by atoms with Crippen LogP contribution in [0.3, 0.4) is 0 Å². The van der Waals surface area contributed by atoms with Crippen molar-refractivity contribution >= 4 is 41.1 Å². The van der Waals surface area contributed by atoms with E-state index in [-0.39, 0.29) is 35.6 Å². The maximum absolute atomic E-state index is 12.8. The van der Waals surface area contributed by atoms with E-state index in [0.717, 1.165) is 4.90 Å². The zero-order valence-corrected chi connectivity index (χ0v) is 19.5. The summed E-state index contributed by atoms with van der Waals surface area (Å²) in [5, 5.41) is 3.00. The zero-order valence-electron chi connectivity index (χ0n) is 19.5. The number of carbonyl (C=O) groups is 3. The molecule has 37 heavy (non-hydrogen) atoms. The number of imide groups is 1. The third kappa shape index (κ3) is 4.65. The van der Waals surface area contributed by atoms with Crippen molar-refractivity contribution in [1.29, 1.82) is 0 Å². The lowest BCUT2D eigenvalue weighted by atomic mass is 10.1. The third-order valence-corrected chi connectivity index (χ3v) is 5.52. The molecule has 1 aliphatic rings. The predicted molar refractivity (Wildman–Crippen MR) is 134 cm³/mol. The van der Waals surface area contributed by atoms with Crippen LogP contribution in [0.15, 0.2) is 72.8 Å². The number of rotatable bonds is 7. The number of para-hydroxylation sites is 2. The van der Waals surface area contributed by atoms with E-state index in [1.165, 1.54) is 19.2 Å². The summed E-state index contributed by atoms with van der Waals surface area (Å²) in [6, 6.07) is 19.8. The molecular formula is C26H20N6O5. The van der Waals surface area contributed by atoms with Gasteiger partial charge in [-0.25, -0.2) is 9.69 Å². The van der Waals surface area contributed by atoms with Crippen molar-refractivity contribution in [3.05, 3.63) is 95.3 Å². The molecule has 3 N–H and O–H groups in total. The van der Waals surface area contributed by atoms with Gasteiger partial charge < -0.3 is 20.5 Å². The summed E-state index contributed by atoms with van der Waals surface area (Å²) in [5.74, 6) is -0.829. The molecule has 1 aliphatic heterocycles. The average Bonchev–Trinajstić information content (AvgIpc) is 3.17. The molecule has 11 heteroatoms. The molecule has 5 rings (SSSR count). The van der Waals surface area contributed by atoms with Gasteiger partial charge in [-0.15, -0.1) is 0 Å². The van der Waals surface area contributed by atoms with Gasteiger partial charge in [-0.3, -0.25) is 9.59 Å². The van der Waals surface area contributed by atoms with Crippen molar-refractivity contribution in [2.24, 2.45) is 0 Å². The maximum atomic E-state index is 12.8. The Morgan fingerprint density at radius 1 is 0.919 bits per heavy atom. The van der Waals surface area contributed by atoms with Crippen molar-refractivity contribution in [2.45, 2.75) is 6.61 Å². The number of carbonyl (C=O) groups excluding carboxylic acids is 3. The highest BCUT2D eigenvalue weighted by atomic mass is 16.5. The molecule has 184 valence electrons. The van der Waals surface area contributed by atoms with E-state index < -0.39 is 17.8 Å². The van der Waals surface area contributed by atoms with Gasteiger partial charge in [-0.05, 0) is 42.5 Å². The van der Waals surface area contributed by atoms with Crippen LogP contribution >= 0.6 is 0 Å². The van der Waals surface area contributed by atoms with E-state index in [4.69, 9.17) is 15.2 Å². The molecule has 0 saturated carbocycles. The molecule has 0 unspecified atom stereocenters. The van der Waals surface area contributed by atoms with Crippen LogP contribution in [-0.2, 0) is 11.3 Å². The van der Waals surface area contributed by atoms with E-state index >= 15 is 0 Å². The number of nitrogen functional groups attached to an aromatic ring is 1. The van der Waals surface area contributed by atoms with Crippen LogP contribution in [0.5, 0.6) is 5.75 Å². The number of nitrogens with zero attached hydrogens (tertiary/aromatic N) is 4. The number of aromatic nitrogens is 3. The first-order valence-corrected chi connectivity index (χ1v) is 11.1. The zero-order chi connectivity index (χ0) is 25.9. The molecule has 2 amide bonds. The standard InChI is InChI=1S/C26H20N6O5/c1-36-20-12-5-4-11-19(20)28-26-30-21(29-25(27)31-26)14-37-24(35)15-7-6-8-16(13-15)32-22(33)17-9-2-3-10-18(17)23(32)34/h2-13H,14H2,1H3,(H3,27,28,29,30,31). The van der Waals surface area contributed by atoms with E-state index in [1.807, 2.05) is 12.1 Å². The van der Waals surface area contributed by atoms with E-state index in [0.29, 0.717) is 22.6 Å². The van der Waals surface area contributed by atoms with E-state index in [9.17, 15) is 14.4 Å². The Hall–Kier alpha value is -5.32. The highest BCUT2D eigenvalue weighted by Crippen LogP contribution is 2.29. The number of benzene rings is 3. The van der Waals surface area contributed by atoms with Gasteiger partial charge in [-0.1, -0.05) is 30.3 Å². The van der Waals surface area contributed by atoms with E-state index in [2.05, 4.69) is 20.3 Å². The minimum Gasteiger partial charge on any atom is -0.495 e. The molecular weight excluding hydrogens is 476 g/mol. The second-order valence-corrected chi connectivity index (χ2v) is 7.88. The Bertz CT molecular complexity index is 1500. The summed E-state index contributed by atoms with van der Waals surface area (Å²) in [6.07, 6.45) is 0. The minimum atomic E-state index is -0.698. The van der Waals surface area contributed by atoms with Gasteiger partial charge in [0.05, 0.1) is 35.2 Å². The number of esters is 1. The van der Waals surface area contributed by atoms with Crippen molar-refractivity contribution in [3.8, 4) is 5.75 Å². The number of anilines is 4. The van der Waals surface area contributed by atoms with Crippen molar-refractivity contribution in [1.82, 2.24) is 15.0 Å². The average molecular weight is 496 g/mol. The van der Waals surface area contributed by atoms with Crippen LogP contribution in [0.2, 0.25) is 0 Å². The first-order valence-electron chi connectivity index (χ1n) is 11.1. The number of ether oxygens (including phenoxy) is 2. The lowest BCUT2D eigenvalue weighted by molar-refractivity contribution is 0.0461. The van der Waals surface area contributed by atoms with Crippen LogP contribution in [-0.4, -0.2) is 39.8 Å². The number of amides is 2. The van der Waals surface area contributed by atoms with Gasteiger partial charge in [0.1, 0.15) is 5.75 Å². The minimum absolute atomic E-state index is 0.0638. The Labute approximate surface area is 210 Å². The molecule has 4 aromatic rings. The summed E-state index contributed by atoms with van der Waals surface area (Å²) in [7, 11) is 1.54. The first-order chi connectivity index (χ1) is 17.9. The van der Waals surface area contributed by atoms with Gasteiger partial charge in [0.15, 0.2) is 12.4 Å². The molecule has 0 fully saturated rings. The quantitative estimate of drug-likeness (QED) is 0.288. The summed E-state index contributed by atoms with van der Waals surface area (Å²) in [5.41, 5.74) is 7.45. The maximum Gasteiger partial charge on any atom is 0.338 e. The number of nitrogens with one attached hydrogen (secondary N) is 1. The Morgan fingerprint density at radius 3 is 2.35 bits per heavy atom. The van der Waals surface area contributed by atoms with Gasteiger partial charge in [-0.2, -0.15) is 15.0 Å². The SMILES string of the molecule is COc1ccccc1Nc1nc(N)nc(COC(=O)c2cccc(N3C(=O)c4ccccc4C3=O)c2)n1. The molecule has 0 atom stereocenters. The van der Waals surface area contributed by atoms with Crippen LogP contribution in [0.1, 0.15) is 36.9 Å². The van der Waals surface area contributed by atoms with Gasteiger partial charge in [0, 0.05) is 0 Å². The summed E-state index contributed by atoms with van der Waals surface area (Å²) in [4.78, 5) is 51.7. The highest BCUT2D eigenvalue weighted by molar-refractivity contribution is 6.34. The Balaban J connectivity index is 1.30. The van der Waals surface area contributed by atoms with Gasteiger partial charge in [0.2, 0.25) is 11.9 Å². The summed E-state index contributed by atoms with van der Waals surface area (Å²) in [6.45, 7) is -0.288. The van der Waals surface area contributed by atoms with E-state index in [1.54, 1.807) is 48.5 Å². The van der Waals surface area contributed by atoms with Crippen LogP contribution in [0.4, 0.5) is 23.3 Å². The number of hydrogen-bond acceptors (Lipinski definition) is 10. The topological polar surface area (TPSA) is 150 Å². The summed E-state index contributed by atoms with van der Waals surface area (Å²) >= 11 is 0. The molecule has 2 heterocycles. The van der Waals surface area contributed by atoms with Crippen LogP contribution < -0.4 is 20.7 Å². The molecule has 1 aromatic heterocycles. The third-order valence-electron chi connectivity index (χ3n) is 5.52. The predicted octanol–water partition coefficient (Wildman–Crippen LogP) is 3.36. The van der Waals surface area contributed by atoms with Gasteiger partial charge >= 0.3 is 5.97 Å². The first kappa shape index (κ1) is 23.4. The fourth-order valence-electron chi connectivity index (χ4n) is 3.84. The van der Waals surface area contributed by atoms with Gasteiger partial charge in [0.25, 0.3) is 11.8 Å². The second kappa shape index (κ2) is 9.74. The molecule has 3 aromatic carbocycles. The largest absolute Gasteiger partial charge is 0.495 e. The molecule has 0 spiro atoms. The fourth-order valence-corrected chi connectivity index (χ4v) is 3.84. The van der Waals surface area contributed by atoms with Crippen LogP contribution in [0, 0.1) is 0 Å². The lowest BCUT2D eigenvalue weighted by Crippen LogP contribution is -2.29. The molecule has 0 radical (unpaired) electrons. The van der Waals surface area contributed by atoms with Crippen molar-refractivity contribution in [3.63, 3.8) is 0 Å². The summed E-state index contributed by atoms with van der Waals surface area (Å²) < 4.78 is 10.7. The highest BCUT2D eigenvalue weighted by Gasteiger charge is 2.36. The second-order valence-electron chi connectivity index (χ2n) is 7.88. The normalized spacial score (nSPS) is 12.3. The smallest absolute Gasteiger partial charge is 0.338 e. The fraction of sp³-hybridized carbons (Fsp3) is 0.0769. The number of fused-ring (bicyclic) bond motifs is 1. The number of methoxy groups -OCH3 is 1. The monoisotopic (exact) mass is 496 g/mol. The molecule has 0 bridgehead atoms. The molecule has 0 saturated heterocycles. The molecule has 11 nitrogen and oxygen atoms in total. The number of hydrogen-bond donors (Lipinski definition) is 2.